The van der Waals surface area contributed by atoms with Crippen molar-refractivity contribution >= 4 is 11.6 Å². The van der Waals surface area contributed by atoms with Crippen LogP contribution in [-0.4, -0.2) is 9.97 Å². The average molecular weight is 186 g/mol. The Hall–Kier alpha value is -0.670. The fraction of sp³-hybridized carbons (Fsp3) is 0.500. The van der Waals surface area contributed by atoms with Crippen molar-refractivity contribution in [1.82, 2.24) is 9.97 Å². The Morgan fingerprint density at radius 2 is 2.42 bits per heavy atom. The molecule has 4 heteroatoms. The molecule has 0 aliphatic carbocycles. The monoisotopic (exact) mass is 185 g/mol. The third-order valence-electron chi connectivity index (χ3n) is 1.69. The van der Waals surface area contributed by atoms with Gasteiger partial charge < -0.3 is 5.73 Å². The Morgan fingerprint density at radius 1 is 1.67 bits per heavy atom. The van der Waals surface area contributed by atoms with Crippen LogP contribution in [0, 0.1) is 0 Å². The van der Waals surface area contributed by atoms with E-state index in [-0.39, 0.29) is 6.04 Å². The van der Waals surface area contributed by atoms with E-state index < -0.39 is 0 Å². The van der Waals surface area contributed by atoms with E-state index in [4.69, 9.17) is 17.3 Å². The van der Waals surface area contributed by atoms with Crippen LogP contribution in [0.4, 0.5) is 0 Å². The molecule has 0 radical (unpaired) electrons. The summed E-state index contributed by atoms with van der Waals surface area (Å²) in [5, 5.41) is 0.464. The molecule has 0 spiro atoms. The van der Waals surface area contributed by atoms with Gasteiger partial charge >= 0.3 is 0 Å². The quantitative estimate of drug-likeness (QED) is 0.733. The topological polar surface area (TPSA) is 51.8 Å². The Morgan fingerprint density at radius 3 is 3.00 bits per heavy atom. The van der Waals surface area contributed by atoms with Crippen LogP contribution in [0.15, 0.2) is 12.5 Å². The van der Waals surface area contributed by atoms with Crippen molar-refractivity contribution in [2.75, 3.05) is 0 Å². The van der Waals surface area contributed by atoms with E-state index in [1.54, 1.807) is 6.20 Å². The lowest BCUT2D eigenvalue weighted by molar-refractivity contribution is 0.633. The molecule has 0 amide bonds. The highest BCUT2D eigenvalue weighted by Gasteiger charge is 2.09. The number of halogens is 1. The van der Waals surface area contributed by atoms with Gasteiger partial charge in [-0.1, -0.05) is 24.9 Å². The summed E-state index contributed by atoms with van der Waals surface area (Å²) in [5.41, 5.74) is 6.68. The number of hydrogen-bond donors (Lipinski definition) is 1. The first kappa shape index (κ1) is 9.42. The van der Waals surface area contributed by atoms with Gasteiger partial charge in [-0.05, 0) is 6.42 Å². The highest BCUT2D eigenvalue weighted by Crippen LogP contribution is 2.20. The molecular weight excluding hydrogens is 174 g/mol. The molecule has 0 aromatic carbocycles. The molecule has 1 atom stereocenters. The maximum atomic E-state index is 5.84. The minimum absolute atomic E-state index is 0.0382. The first-order valence-electron chi connectivity index (χ1n) is 3.96. The third-order valence-corrected chi connectivity index (χ3v) is 2.00. The summed E-state index contributed by atoms with van der Waals surface area (Å²) in [5.74, 6) is 0. The van der Waals surface area contributed by atoms with Crippen molar-refractivity contribution in [1.29, 1.82) is 0 Å². The van der Waals surface area contributed by atoms with Crippen molar-refractivity contribution in [2.24, 2.45) is 5.73 Å². The van der Waals surface area contributed by atoms with Crippen molar-refractivity contribution in [3.05, 3.63) is 23.2 Å². The van der Waals surface area contributed by atoms with Gasteiger partial charge in [0.1, 0.15) is 11.5 Å². The highest BCUT2D eigenvalue weighted by atomic mass is 35.5. The van der Waals surface area contributed by atoms with E-state index in [1.807, 2.05) is 0 Å². The lowest BCUT2D eigenvalue weighted by atomic mass is 10.1. The fourth-order valence-corrected chi connectivity index (χ4v) is 1.27. The van der Waals surface area contributed by atoms with Gasteiger partial charge in [-0.2, -0.15) is 0 Å². The minimum Gasteiger partial charge on any atom is -0.324 e. The van der Waals surface area contributed by atoms with Gasteiger partial charge in [0.2, 0.25) is 0 Å². The zero-order valence-corrected chi connectivity index (χ0v) is 7.75. The third kappa shape index (κ3) is 2.16. The zero-order valence-electron chi connectivity index (χ0n) is 7.00. The fourth-order valence-electron chi connectivity index (χ4n) is 1.04. The van der Waals surface area contributed by atoms with Crippen LogP contribution in [0.25, 0.3) is 0 Å². The van der Waals surface area contributed by atoms with E-state index >= 15 is 0 Å². The standard InChI is InChI=1S/C8H12ClN3/c1-2-3-7(10)6-4-11-5-12-8(6)9/h4-5,7H,2-3,10H2,1H3. The number of rotatable bonds is 3. The Labute approximate surface area is 77.0 Å². The second kappa shape index (κ2) is 4.38. The molecule has 1 unspecified atom stereocenters. The maximum Gasteiger partial charge on any atom is 0.137 e. The van der Waals surface area contributed by atoms with Crippen LogP contribution in [0.3, 0.4) is 0 Å². The molecule has 0 bridgehead atoms. The second-order valence-corrected chi connectivity index (χ2v) is 3.02. The minimum atomic E-state index is -0.0382. The maximum absolute atomic E-state index is 5.84. The molecular formula is C8H12ClN3. The molecule has 2 N–H and O–H groups in total. The molecule has 1 aromatic rings. The van der Waals surface area contributed by atoms with Crippen LogP contribution >= 0.6 is 11.6 Å². The summed E-state index contributed by atoms with van der Waals surface area (Å²) in [6.07, 6.45) is 5.04. The van der Waals surface area contributed by atoms with Gasteiger partial charge in [-0.15, -0.1) is 0 Å². The van der Waals surface area contributed by atoms with Crippen molar-refractivity contribution < 1.29 is 0 Å². The van der Waals surface area contributed by atoms with Crippen LogP contribution in [0.1, 0.15) is 31.4 Å². The van der Waals surface area contributed by atoms with Crippen LogP contribution in [0.5, 0.6) is 0 Å². The van der Waals surface area contributed by atoms with Crippen molar-refractivity contribution in [3.8, 4) is 0 Å². The summed E-state index contributed by atoms with van der Waals surface area (Å²) < 4.78 is 0. The molecule has 3 nitrogen and oxygen atoms in total. The van der Waals surface area contributed by atoms with Gasteiger partial charge in [0.05, 0.1) is 0 Å². The highest BCUT2D eigenvalue weighted by molar-refractivity contribution is 6.30. The summed E-state index contributed by atoms with van der Waals surface area (Å²) in [6, 6.07) is -0.0382. The number of nitrogens with two attached hydrogens (primary N) is 1. The zero-order chi connectivity index (χ0) is 8.97. The van der Waals surface area contributed by atoms with Crippen LogP contribution in [-0.2, 0) is 0 Å². The molecule has 12 heavy (non-hydrogen) atoms. The van der Waals surface area contributed by atoms with Gasteiger partial charge in [-0.25, -0.2) is 9.97 Å². The predicted octanol–water partition coefficient (Wildman–Crippen LogP) is 1.93. The Bertz CT molecular complexity index is 252. The molecule has 1 aromatic heterocycles. The van der Waals surface area contributed by atoms with Gasteiger partial charge in [-0.3, -0.25) is 0 Å². The van der Waals surface area contributed by atoms with E-state index in [0.717, 1.165) is 18.4 Å². The van der Waals surface area contributed by atoms with Gasteiger partial charge in [0, 0.05) is 17.8 Å². The largest absolute Gasteiger partial charge is 0.324 e. The van der Waals surface area contributed by atoms with Gasteiger partial charge in [0.25, 0.3) is 0 Å². The lowest BCUT2D eigenvalue weighted by Crippen LogP contribution is -2.11. The van der Waals surface area contributed by atoms with Crippen molar-refractivity contribution in [3.63, 3.8) is 0 Å². The summed E-state index contributed by atoms with van der Waals surface area (Å²) in [4.78, 5) is 7.73. The molecule has 0 aliphatic rings. The molecule has 1 rings (SSSR count). The smallest absolute Gasteiger partial charge is 0.137 e. The van der Waals surface area contributed by atoms with Crippen LogP contribution < -0.4 is 5.73 Å². The molecule has 66 valence electrons. The second-order valence-electron chi connectivity index (χ2n) is 2.66. The van der Waals surface area contributed by atoms with E-state index in [9.17, 15) is 0 Å². The normalized spacial score (nSPS) is 12.9. The van der Waals surface area contributed by atoms with E-state index in [0.29, 0.717) is 5.15 Å². The average Bonchev–Trinajstić information content (AvgIpc) is 2.05. The first-order chi connectivity index (χ1) is 5.75. The first-order valence-corrected chi connectivity index (χ1v) is 4.34. The molecule has 0 saturated carbocycles. The molecule has 0 saturated heterocycles. The van der Waals surface area contributed by atoms with E-state index in [2.05, 4.69) is 16.9 Å². The van der Waals surface area contributed by atoms with Crippen LogP contribution in [0.2, 0.25) is 5.15 Å². The summed E-state index contributed by atoms with van der Waals surface area (Å²) >= 11 is 5.82. The predicted molar refractivity (Wildman–Crippen MR) is 48.9 cm³/mol. The Balaban J connectivity index is 2.79. The summed E-state index contributed by atoms with van der Waals surface area (Å²) in [6.45, 7) is 2.08. The number of nitrogens with zero attached hydrogens (tertiary/aromatic N) is 2. The lowest BCUT2D eigenvalue weighted by Gasteiger charge is -2.10. The molecule has 1 heterocycles. The molecule has 0 aliphatic heterocycles. The summed E-state index contributed by atoms with van der Waals surface area (Å²) in [7, 11) is 0. The van der Waals surface area contributed by atoms with Crippen molar-refractivity contribution in [2.45, 2.75) is 25.8 Å². The molecule has 0 fully saturated rings. The number of hydrogen-bond acceptors (Lipinski definition) is 3. The number of aromatic nitrogens is 2. The van der Waals surface area contributed by atoms with E-state index in [1.165, 1.54) is 6.33 Å². The SMILES string of the molecule is CCCC(N)c1cncnc1Cl. The Kier molecular flexibility index (Phi) is 3.44. The van der Waals surface area contributed by atoms with Gasteiger partial charge in [0.15, 0.2) is 0 Å².